The lowest BCUT2D eigenvalue weighted by molar-refractivity contribution is -0.117. The molecule has 0 saturated carbocycles. The van der Waals surface area contributed by atoms with Crippen molar-refractivity contribution in [2.45, 2.75) is 39.2 Å². The molecule has 16 heavy (non-hydrogen) atoms. The molecule has 1 rings (SSSR count). The second-order valence-corrected chi connectivity index (χ2v) is 4.21. The van der Waals surface area contributed by atoms with Gasteiger partial charge in [-0.25, -0.2) is 0 Å². The first-order chi connectivity index (χ1) is 7.54. The lowest BCUT2D eigenvalue weighted by Gasteiger charge is -2.11. The molecule has 1 aromatic carbocycles. The van der Waals surface area contributed by atoms with E-state index in [2.05, 4.69) is 19.2 Å². The van der Waals surface area contributed by atoms with Crippen molar-refractivity contribution in [3.8, 4) is 0 Å². The maximum Gasteiger partial charge on any atom is 0.240 e. The van der Waals surface area contributed by atoms with Crippen molar-refractivity contribution in [2.75, 3.05) is 5.32 Å². The minimum Gasteiger partial charge on any atom is -0.325 e. The number of nitrogens with two attached hydrogens (primary N) is 1. The number of carbonyl (C=O) groups is 1. The number of hydrogen-bond donors (Lipinski definition) is 2. The summed E-state index contributed by atoms with van der Waals surface area (Å²) in [5, 5.41) is 2.76. The summed E-state index contributed by atoms with van der Waals surface area (Å²) in [7, 11) is 0. The van der Waals surface area contributed by atoms with Gasteiger partial charge in [-0.05, 0) is 37.0 Å². The van der Waals surface area contributed by atoms with Gasteiger partial charge in [0.15, 0.2) is 0 Å². The van der Waals surface area contributed by atoms with Crippen LogP contribution in [-0.2, 0) is 4.79 Å². The molecule has 0 bridgehead atoms. The van der Waals surface area contributed by atoms with Crippen LogP contribution >= 0.6 is 0 Å². The zero-order chi connectivity index (χ0) is 12.1. The molecule has 2 atom stereocenters. The van der Waals surface area contributed by atoms with Crippen LogP contribution in [0.2, 0.25) is 0 Å². The van der Waals surface area contributed by atoms with E-state index in [1.165, 1.54) is 5.56 Å². The van der Waals surface area contributed by atoms with Gasteiger partial charge in [-0.1, -0.05) is 26.0 Å². The summed E-state index contributed by atoms with van der Waals surface area (Å²) < 4.78 is 0. The van der Waals surface area contributed by atoms with Crippen molar-refractivity contribution < 1.29 is 4.79 Å². The minimum atomic E-state index is -0.478. The molecule has 0 heterocycles. The van der Waals surface area contributed by atoms with E-state index in [1.54, 1.807) is 6.92 Å². The lowest BCUT2D eigenvalue weighted by Crippen LogP contribution is -2.32. The Kier molecular flexibility index (Phi) is 4.50. The largest absolute Gasteiger partial charge is 0.325 e. The summed E-state index contributed by atoms with van der Waals surface area (Å²) in [6, 6.07) is 7.45. The number of hydrogen-bond acceptors (Lipinski definition) is 2. The Morgan fingerprint density at radius 1 is 1.31 bits per heavy atom. The Labute approximate surface area is 97.0 Å². The average Bonchev–Trinajstić information content (AvgIpc) is 2.28. The van der Waals surface area contributed by atoms with Gasteiger partial charge < -0.3 is 11.1 Å². The molecule has 1 aromatic rings. The molecule has 1 amide bonds. The Bertz CT molecular complexity index is 343. The molecule has 88 valence electrons. The predicted molar refractivity (Wildman–Crippen MR) is 67.4 cm³/mol. The number of benzene rings is 1. The van der Waals surface area contributed by atoms with Crippen LogP contribution in [0.3, 0.4) is 0 Å². The van der Waals surface area contributed by atoms with Gasteiger partial charge in [0.25, 0.3) is 0 Å². The quantitative estimate of drug-likeness (QED) is 0.819. The third kappa shape index (κ3) is 3.35. The highest BCUT2D eigenvalue weighted by Crippen LogP contribution is 2.20. The molecule has 0 radical (unpaired) electrons. The van der Waals surface area contributed by atoms with Crippen LogP contribution in [0.15, 0.2) is 24.3 Å². The number of anilines is 1. The van der Waals surface area contributed by atoms with Crippen molar-refractivity contribution in [1.29, 1.82) is 0 Å². The summed E-state index contributed by atoms with van der Waals surface area (Å²) in [6.45, 7) is 6.02. The van der Waals surface area contributed by atoms with Gasteiger partial charge in [0.1, 0.15) is 0 Å². The summed E-state index contributed by atoms with van der Waals surface area (Å²) in [5.41, 5.74) is 7.56. The second kappa shape index (κ2) is 5.66. The van der Waals surface area contributed by atoms with E-state index in [9.17, 15) is 4.79 Å². The van der Waals surface area contributed by atoms with Crippen LogP contribution in [0.25, 0.3) is 0 Å². The molecule has 3 N–H and O–H groups in total. The van der Waals surface area contributed by atoms with Gasteiger partial charge in [0, 0.05) is 5.69 Å². The Morgan fingerprint density at radius 2 is 1.88 bits per heavy atom. The molecule has 0 fully saturated rings. The minimum absolute atomic E-state index is 0.156. The molecule has 0 aliphatic carbocycles. The molecule has 1 unspecified atom stereocenters. The van der Waals surface area contributed by atoms with E-state index in [0.717, 1.165) is 12.1 Å². The number of carbonyl (C=O) groups excluding carboxylic acids is 1. The Hall–Kier alpha value is -1.35. The second-order valence-electron chi connectivity index (χ2n) is 4.21. The van der Waals surface area contributed by atoms with Gasteiger partial charge in [0.2, 0.25) is 5.91 Å². The van der Waals surface area contributed by atoms with Crippen LogP contribution in [-0.4, -0.2) is 11.9 Å². The number of amides is 1. The summed E-state index contributed by atoms with van der Waals surface area (Å²) in [6.07, 6.45) is 1.12. The third-order valence-electron chi connectivity index (χ3n) is 2.77. The predicted octanol–water partition coefficient (Wildman–Crippen LogP) is 2.49. The van der Waals surface area contributed by atoms with Gasteiger partial charge in [-0.3, -0.25) is 4.79 Å². The molecule has 0 aliphatic rings. The lowest BCUT2D eigenvalue weighted by atomic mass is 9.99. The molecular formula is C13H20N2O. The van der Waals surface area contributed by atoms with E-state index >= 15 is 0 Å². The molecule has 3 heteroatoms. The van der Waals surface area contributed by atoms with Crippen LogP contribution in [0.1, 0.15) is 38.7 Å². The van der Waals surface area contributed by atoms with E-state index in [-0.39, 0.29) is 5.91 Å². The summed E-state index contributed by atoms with van der Waals surface area (Å²) in [4.78, 5) is 11.4. The van der Waals surface area contributed by atoms with Gasteiger partial charge >= 0.3 is 0 Å². The highest BCUT2D eigenvalue weighted by atomic mass is 16.2. The zero-order valence-corrected chi connectivity index (χ0v) is 10.2. The highest BCUT2D eigenvalue weighted by molar-refractivity contribution is 5.94. The van der Waals surface area contributed by atoms with Crippen molar-refractivity contribution in [2.24, 2.45) is 5.73 Å². The van der Waals surface area contributed by atoms with Crippen molar-refractivity contribution in [3.05, 3.63) is 29.8 Å². The Morgan fingerprint density at radius 3 is 2.31 bits per heavy atom. The Balaban J connectivity index is 2.68. The van der Waals surface area contributed by atoms with Crippen molar-refractivity contribution in [1.82, 2.24) is 0 Å². The summed E-state index contributed by atoms with van der Waals surface area (Å²) in [5.74, 6) is 0.398. The number of rotatable bonds is 4. The SMILES string of the molecule is CCC(C)c1ccc(NC(=O)[C@H](C)N)cc1. The molecule has 3 nitrogen and oxygen atoms in total. The van der Waals surface area contributed by atoms with Crippen LogP contribution in [0.5, 0.6) is 0 Å². The fourth-order valence-electron chi connectivity index (χ4n) is 1.39. The maximum absolute atomic E-state index is 11.4. The summed E-state index contributed by atoms with van der Waals surface area (Å²) >= 11 is 0. The van der Waals surface area contributed by atoms with Gasteiger partial charge in [-0.15, -0.1) is 0 Å². The zero-order valence-electron chi connectivity index (χ0n) is 10.2. The van der Waals surface area contributed by atoms with Crippen LogP contribution in [0, 0.1) is 0 Å². The highest BCUT2D eigenvalue weighted by Gasteiger charge is 2.07. The average molecular weight is 220 g/mol. The smallest absolute Gasteiger partial charge is 0.240 e. The van der Waals surface area contributed by atoms with E-state index < -0.39 is 6.04 Å². The first-order valence-electron chi connectivity index (χ1n) is 5.71. The molecular weight excluding hydrogens is 200 g/mol. The third-order valence-corrected chi connectivity index (χ3v) is 2.77. The molecule has 0 saturated heterocycles. The fraction of sp³-hybridized carbons (Fsp3) is 0.462. The standard InChI is InChI=1S/C13H20N2O/c1-4-9(2)11-5-7-12(8-6-11)15-13(16)10(3)14/h5-10H,4,14H2,1-3H3,(H,15,16)/t9?,10-/m0/s1. The first kappa shape index (κ1) is 12.7. The maximum atomic E-state index is 11.4. The van der Waals surface area contributed by atoms with E-state index in [1.807, 2.05) is 24.3 Å². The van der Waals surface area contributed by atoms with Gasteiger partial charge in [-0.2, -0.15) is 0 Å². The van der Waals surface area contributed by atoms with E-state index in [4.69, 9.17) is 5.73 Å². The number of nitrogens with one attached hydrogen (secondary N) is 1. The van der Waals surface area contributed by atoms with E-state index in [0.29, 0.717) is 5.92 Å². The monoisotopic (exact) mass is 220 g/mol. The topological polar surface area (TPSA) is 55.1 Å². The molecule has 0 aromatic heterocycles. The van der Waals surface area contributed by atoms with Crippen LogP contribution < -0.4 is 11.1 Å². The first-order valence-corrected chi connectivity index (χ1v) is 5.71. The van der Waals surface area contributed by atoms with Crippen molar-refractivity contribution >= 4 is 11.6 Å². The molecule has 0 aliphatic heterocycles. The fourth-order valence-corrected chi connectivity index (χ4v) is 1.39. The van der Waals surface area contributed by atoms with Crippen molar-refractivity contribution in [3.63, 3.8) is 0 Å². The van der Waals surface area contributed by atoms with Crippen LogP contribution in [0.4, 0.5) is 5.69 Å². The normalized spacial score (nSPS) is 14.2. The van der Waals surface area contributed by atoms with Gasteiger partial charge in [0.05, 0.1) is 6.04 Å². The molecule has 0 spiro atoms.